The first-order chi connectivity index (χ1) is 8.06. The van der Waals surface area contributed by atoms with Crippen LogP contribution in [-0.2, 0) is 13.0 Å². The van der Waals surface area contributed by atoms with E-state index in [9.17, 15) is 5.11 Å². The molecule has 17 heavy (non-hydrogen) atoms. The Morgan fingerprint density at radius 2 is 2.00 bits per heavy atom. The van der Waals surface area contributed by atoms with E-state index in [1.54, 1.807) is 0 Å². The molecule has 1 aromatic rings. The molecular weight excluding hydrogens is 210 g/mol. The Kier molecular flexibility index (Phi) is 3.85. The van der Waals surface area contributed by atoms with Gasteiger partial charge in [0.15, 0.2) is 0 Å². The molecular formula is C15H23NO. The van der Waals surface area contributed by atoms with Gasteiger partial charge in [0.25, 0.3) is 0 Å². The summed E-state index contributed by atoms with van der Waals surface area (Å²) >= 11 is 0. The molecule has 1 atom stereocenters. The number of benzene rings is 1. The van der Waals surface area contributed by atoms with Crippen molar-refractivity contribution in [1.82, 2.24) is 4.90 Å². The molecule has 0 amide bonds. The number of aliphatic hydroxyl groups excluding tert-OH is 1. The van der Waals surface area contributed by atoms with Crippen molar-refractivity contribution < 1.29 is 5.11 Å². The zero-order valence-corrected chi connectivity index (χ0v) is 11.1. The highest BCUT2D eigenvalue weighted by molar-refractivity contribution is 5.35. The van der Waals surface area contributed by atoms with Crippen molar-refractivity contribution in [3.05, 3.63) is 34.9 Å². The third-order valence-corrected chi connectivity index (χ3v) is 3.51. The van der Waals surface area contributed by atoms with Gasteiger partial charge in [-0.05, 0) is 36.0 Å². The molecule has 1 aromatic carbocycles. The number of aliphatic hydroxyl groups is 1. The van der Waals surface area contributed by atoms with Gasteiger partial charge in [-0.25, -0.2) is 0 Å². The quantitative estimate of drug-likeness (QED) is 0.867. The smallest absolute Gasteiger partial charge is 0.0639 e. The minimum Gasteiger partial charge on any atom is -0.392 e. The van der Waals surface area contributed by atoms with E-state index in [1.165, 1.54) is 16.7 Å². The summed E-state index contributed by atoms with van der Waals surface area (Å²) < 4.78 is 0. The monoisotopic (exact) mass is 233 g/mol. The maximum absolute atomic E-state index is 9.45. The fraction of sp³-hybridized carbons (Fsp3) is 0.600. The average Bonchev–Trinajstić information content (AvgIpc) is 2.27. The predicted octanol–water partition coefficient (Wildman–Crippen LogP) is 2.55. The first kappa shape index (κ1) is 12.6. The molecule has 0 bridgehead atoms. The van der Waals surface area contributed by atoms with Crippen molar-refractivity contribution in [2.45, 2.75) is 45.8 Å². The molecule has 0 saturated heterocycles. The first-order valence-electron chi connectivity index (χ1n) is 6.58. The third-order valence-electron chi connectivity index (χ3n) is 3.51. The van der Waals surface area contributed by atoms with Crippen LogP contribution in [0.4, 0.5) is 0 Å². The molecule has 2 nitrogen and oxygen atoms in total. The molecule has 0 aliphatic carbocycles. The van der Waals surface area contributed by atoms with Gasteiger partial charge in [-0.1, -0.05) is 32.0 Å². The van der Waals surface area contributed by atoms with Crippen molar-refractivity contribution in [2.24, 2.45) is 0 Å². The summed E-state index contributed by atoms with van der Waals surface area (Å²) in [5.74, 6) is 0.590. The van der Waals surface area contributed by atoms with E-state index in [0.29, 0.717) is 5.92 Å². The lowest BCUT2D eigenvalue weighted by Crippen LogP contribution is -2.35. The van der Waals surface area contributed by atoms with Gasteiger partial charge in [-0.3, -0.25) is 4.90 Å². The zero-order valence-electron chi connectivity index (χ0n) is 11.1. The Morgan fingerprint density at radius 1 is 1.24 bits per heavy atom. The van der Waals surface area contributed by atoms with E-state index < -0.39 is 0 Å². The van der Waals surface area contributed by atoms with Crippen molar-refractivity contribution in [2.75, 3.05) is 13.1 Å². The van der Waals surface area contributed by atoms with Crippen molar-refractivity contribution in [3.63, 3.8) is 0 Å². The van der Waals surface area contributed by atoms with Crippen LogP contribution in [-0.4, -0.2) is 29.2 Å². The number of nitrogens with zero attached hydrogens (tertiary/aromatic N) is 1. The fourth-order valence-corrected chi connectivity index (χ4v) is 2.52. The van der Waals surface area contributed by atoms with Crippen LogP contribution in [0.3, 0.4) is 0 Å². The van der Waals surface area contributed by atoms with Gasteiger partial charge in [0.2, 0.25) is 0 Å². The lowest BCUT2D eigenvalue weighted by Gasteiger charge is -2.30. The van der Waals surface area contributed by atoms with Gasteiger partial charge in [0.1, 0.15) is 0 Å². The minimum atomic E-state index is -0.232. The van der Waals surface area contributed by atoms with E-state index in [2.05, 4.69) is 36.9 Å². The van der Waals surface area contributed by atoms with Gasteiger partial charge in [0.05, 0.1) is 6.10 Å². The molecule has 1 heterocycles. The Bertz CT molecular complexity index is 385. The molecule has 2 heteroatoms. The van der Waals surface area contributed by atoms with E-state index in [4.69, 9.17) is 0 Å². The SMILES string of the molecule is CC(C)c1ccc2c(c1)CN(C[C@@H](C)O)CC2. The summed E-state index contributed by atoms with van der Waals surface area (Å²) in [5, 5.41) is 9.45. The summed E-state index contributed by atoms with van der Waals surface area (Å²) in [7, 11) is 0. The summed E-state index contributed by atoms with van der Waals surface area (Å²) in [6.07, 6.45) is 0.880. The molecule has 0 radical (unpaired) electrons. The number of rotatable bonds is 3. The average molecular weight is 233 g/mol. The Hall–Kier alpha value is -0.860. The number of fused-ring (bicyclic) bond motifs is 1. The van der Waals surface area contributed by atoms with E-state index in [0.717, 1.165) is 26.1 Å². The second-order valence-electron chi connectivity index (χ2n) is 5.52. The van der Waals surface area contributed by atoms with Crippen LogP contribution in [0, 0.1) is 0 Å². The van der Waals surface area contributed by atoms with E-state index in [-0.39, 0.29) is 6.10 Å². The summed E-state index contributed by atoms with van der Waals surface area (Å²) in [6.45, 7) is 9.17. The summed E-state index contributed by atoms with van der Waals surface area (Å²) in [5.41, 5.74) is 4.35. The zero-order chi connectivity index (χ0) is 12.4. The highest BCUT2D eigenvalue weighted by atomic mass is 16.3. The molecule has 2 rings (SSSR count). The van der Waals surface area contributed by atoms with Crippen LogP contribution >= 0.6 is 0 Å². The van der Waals surface area contributed by atoms with E-state index in [1.807, 2.05) is 6.92 Å². The maximum Gasteiger partial charge on any atom is 0.0639 e. The second-order valence-corrected chi connectivity index (χ2v) is 5.52. The Balaban J connectivity index is 2.15. The normalized spacial score (nSPS) is 18.2. The molecule has 94 valence electrons. The van der Waals surface area contributed by atoms with Crippen molar-refractivity contribution in [3.8, 4) is 0 Å². The van der Waals surface area contributed by atoms with Crippen LogP contribution < -0.4 is 0 Å². The van der Waals surface area contributed by atoms with Crippen LogP contribution in [0.1, 0.15) is 43.4 Å². The fourth-order valence-electron chi connectivity index (χ4n) is 2.52. The van der Waals surface area contributed by atoms with Crippen LogP contribution in [0.5, 0.6) is 0 Å². The highest BCUT2D eigenvalue weighted by Crippen LogP contribution is 2.24. The van der Waals surface area contributed by atoms with Gasteiger partial charge in [-0.2, -0.15) is 0 Å². The number of hydrogen-bond acceptors (Lipinski definition) is 2. The summed E-state index contributed by atoms with van der Waals surface area (Å²) in [4.78, 5) is 2.34. The van der Waals surface area contributed by atoms with Crippen molar-refractivity contribution >= 4 is 0 Å². The summed E-state index contributed by atoms with van der Waals surface area (Å²) in [6, 6.07) is 6.88. The molecule has 0 saturated carbocycles. The Labute approximate surface area is 104 Å². The van der Waals surface area contributed by atoms with E-state index >= 15 is 0 Å². The molecule has 1 aliphatic rings. The molecule has 0 fully saturated rings. The van der Waals surface area contributed by atoms with Crippen molar-refractivity contribution in [1.29, 1.82) is 0 Å². The van der Waals surface area contributed by atoms with Crippen LogP contribution in [0.25, 0.3) is 0 Å². The third kappa shape index (κ3) is 3.08. The maximum atomic E-state index is 9.45. The molecule has 0 unspecified atom stereocenters. The van der Waals surface area contributed by atoms with Crippen LogP contribution in [0.2, 0.25) is 0 Å². The van der Waals surface area contributed by atoms with Gasteiger partial charge >= 0.3 is 0 Å². The largest absolute Gasteiger partial charge is 0.392 e. The second kappa shape index (κ2) is 5.19. The Morgan fingerprint density at radius 3 is 2.65 bits per heavy atom. The first-order valence-corrected chi connectivity index (χ1v) is 6.58. The topological polar surface area (TPSA) is 23.5 Å². The predicted molar refractivity (Wildman–Crippen MR) is 71.2 cm³/mol. The molecule has 1 N–H and O–H groups in total. The lowest BCUT2D eigenvalue weighted by molar-refractivity contribution is 0.119. The van der Waals surface area contributed by atoms with Gasteiger partial charge in [-0.15, -0.1) is 0 Å². The highest BCUT2D eigenvalue weighted by Gasteiger charge is 2.17. The standard InChI is InChI=1S/C15H23NO/c1-11(2)14-5-4-13-6-7-16(9-12(3)17)10-15(13)8-14/h4-5,8,11-12,17H,6-7,9-10H2,1-3H3/t12-/m1/s1. The lowest BCUT2D eigenvalue weighted by atomic mass is 9.93. The van der Waals surface area contributed by atoms with Crippen LogP contribution in [0.15, 0.2) is 18.2 Å². The molecule has 1 aliphatic heterocycles. The minimum absolute atomic E-state index is 0.232. The van der Waals surface area contributed by atoms with Gasteiger partial charge < -0.3 is 5.11 Å². The van der Waals surface area contributed by atoms with Gasteiger partial charge in [0, 0.05) is 19.6 Å². The number of β-amino-alcohol motifs (C(OH)–C–C–N with tert-alkyl or cyclic N) is 1. The number of hydrogen-bond donors (Lipinski definition) is 1. The molecule has 0 spiro atoms. The molecule has 0 aromatic heterocycles.